The fraction of sp³-hybridized carbons (Fsp3) is 0.806. The van der Waals surface area contributed by atoms with Crippen LogP contribution in [0.3, 0.4) is 0 Å². The number of nitrogens with zero attached hydrogens (tertiary/aromatic N) is 1. The van der Waals surface area contributed by atoms with Crippen molar-refractivity contribution >= 4 is 5.69 Å². The molecule has 2 saturated heterocycles. The van der Waals surface area contributed by atoms with E-state index in [1.807, 2.05) is 0 Å². The number of fused-ring (bicyclic) bond motifs is 6. The van der Waals surface area contributed by atoms with Gasteiger partial charge in [-0.25, -0.2) is 0 Å². The number of anilines is 1. The molecule has 36 heavy (non-hydrogen) atoms. The van der Waals surface area contributed by atoms with Crippen LogP contribution in [0.15, 0.2) is 24.3 Å². The molecule has 1 aromatic carbocycles. The Labute approximate surface area is 217 Å². The number of benzene rings is 1. The molecule has 5 heteroatoms. The highest BCUT2D eigenvalue weighted by atomic mass is 16.7. The predicted octanol–water partition coefficient (Wildman–Crippen LogP) is 5.98. The molecule has 4 saturated carbocycles. The van der Waals surface area contributed by atoms with E-state index in [0.29, 0.717) is 29.1 Å². The molecule has 2 aliphatic heterocycles. The Hall–Kier alpha value is -1.14. The van der Waals surface area contributed by atoms with Crippen LogP contribution >= 0.6 is 0 Å². The molecule has 0 N–H and O–H groups in total. The SMILES string of the molecule is CN(C)c1ccc(C2CC3(C)C(CCC34OCCO4)C3CCC4CC5(CCC4(C)C23)OCCO5)cc1. The molecule has 0 bridgehead atoms. The fourth-order valence-electron chi connectivity index (χ4n) is 10.4. The summed E-state index contributed by atoms with van der Waals surface area (Å²) in [6.45, 7) is 8.20. The van der Waals surface area contributed by atoms with Crippen molar-refractivity contribution in [2.45, 2.75) is 82.7 Å². The largest absolute Gasteiger partial charge is 0.378 e. The zero-order valence-electron chi connectivity index (χ0n) is 22.8. The first-order valence-electron chi connectivity index (χ1n) is 14.6. The second-order valence-corrected chi connectivity index (χ2v) is 13.6. The summed E-state index contributed by atoms with van der Waals surface area (Å²) in [5.41, 5.74) is 3.19. The summed E-state index contributed by atoms with van der Waals surface area (Å²) in [6, 6.07) is 9.51. The molecule has 1 aromatic rings. The minimum absolute atomic E-state index is 0.0757. The van der Waals surface area contributed by atoms with Gasteiger partial charge in [-0.05, 0) is 84.8 Å². The summed E-state index contributed by atoms with van der Waals surface area (Å²) in [5, 5.41) is 0. The lowest BCUT2D eigenvalue weighted by Gasteiger charge is -2.64. The van der Waals surface area contributed by atoms with E-state index in [9.17, 15) is 0 Å². The smallest absolute Gasteiger partial charge is 0.174 e. The van der Waals surface area contributed by atoms with Gasteiger partial charge in [0.1, 0.15) is 0 Å². The van der Waals surface area contributed by atoms with E-state index < -0.39 is 0 Å². The van der Waals surface area contributed by atoms with E-state index in [2.05, 4.69) is 57.1 Å². The van der Waals surface area contributed by atoms with E-state index in [1.54, 1.807) is 0 Å². The summed E-state index contributed by atoms with van der Waals surface area (Å²) >= 11 is 0. The summed E-state index contributed by atoms with van der Waals surface area (Å²) in [4.78, 5) is 2.21. The Morgan fingerprint density at radius 1 is 0.778 bits per heavy atom. The van der Waals surface area contributed by atoms with Crippen LogP contribution in [0.25, 0.3) is 0 Å². The molecule has 4 aliphatic carbocycles. The Kier molecular flexibility index (Phi) is 5.44. The first-order chi connectivity index (χ1) is 17.3. The highest BCUT2D eigenvalue weighted by molar-refractivity contribution is 5.47. The van der Waals surface area contributed by atoms with Crippen LogP contribution in [-0.4, -0.2) is 52.1 Å². The van der Waals surface area contributed by atoms with Gasteiger partial charge in [0.15, 0.2) is 11.6 Å². The van der Waals surface area contributed by atoms with Crippen molar-refractivity contribution in [3.63, 3.8) is 0 Å². The number of ether oxygens (including phenoxy) is 4. The van der Waals surface area contributed by atoms with E-state index >= 15 is 0 Å². The molecule has 0 amide bonds. The van der Waals surface area contributed by atoms with Crippen LogP contribution in [0.1, 0.15) is 76.7 Å². The van der Waals surface area contributed by atoms with Crippen LogP contribution in [-0.2, 0) is 18.9 Å². The molecular formula is C31H45NO4. The third-order valence-corrected chi connectivity index (χ3v) is 12.1. The van der Waals surface area contributed by atoms with Gasteiger partial charge in [0, 0.05) is 44.5 Å². The van der Waals surface area contributed by atoms with Crippen molar-refractivity contribution < 1.29 is 18.9 Å². The van der Waals surface area contributed by atoms with E-state index in [4.69, 9.17) is 18.9 Å². The summed E-state index contributed by atoms with van der Waals surface area (Å²) < 4.78 is 25.5. The van der Waals surface area contributed by atoms with Crippen LogP contribution in [0.2, 0.25) is 0 Å². The monoisotopic (exact) mass is 495 g/mol. The molecule has 2 heterocycles. The molecular weight excluding hydrogens is 450 g/mol. The Balaban J connectivity index is 1.29. The van der Waals surface area contributed by atoms with Crippen molar-refractivity contribution in [1.82, 2.24) is 0 Å². The quantitative estimate of drug-likeness (QED) is 0.505. The first-order valence-corrected chi connectivity index (χ1v) is 14.6. The second kappa shape index (κ2) is 8.18. The molecule has 6 aliphatic rings. The van der Waals surface area contributed by atoms with Crippen LogP contribution in [0.5, 0.6) is 0 Å². The fourth-order valence-corrected chi connectivity index (χ4v) is 10.4. The standard InChI is InChI=1S/C31H45NO4/c1-28-13-14-30(33-15-16-34-30)19-22(28)7-10-24-26-11-12-31(35-17-18-36-31)29(26,2)20-25(27(24)28)21-5-8-23(9-6-21)32(3)4/h5-6,8-9,22,24-27H,7,10-20H2,1-4H3. The number of hydrogen-bond donors (Lipinski definition) is 0. The average Bonchev–Trinajstić information content (AvgIpc) is 3.60. The zero-order chi connectivity index (χ0) is 24.8. The maximum absolute atomic E-state index is 6.52. The van der Waals surface area contributed by atoms with E-state index in [1.165, 1.54) is 43.4 Å². The predicted molar refractivity (Wildman–Crippen MR) is 140 cm³/mol. The van der Waals surface area contributed by atoms with E-state index in [0.717, 1.165) is 51.6 Å². The molecule has 7 unspecified atom stereocenters. The maximum Gasteiger partial charge on any atom is 0.174 e. The van der Waals surface area contributed by atoms with Gasteiger partial charge in [-0.2, -0.15) is 0 Å². The van der Waals surface area contributed by atoms with Gasteiger partial charge in [-0.3, -0.25) is 0 Å². The van der Waals surface area contributed by atoms with Gasteiger partial charge in [0.25, 0.3) is 0 Å². The van der Waals surface area contributed by atoms with Crippen molar-refractivity contribution in [1.29, 1.82) is 0 Å². The molecule has 0 aromatic heterocycles. The van der Waals surface area contributed by atoms with Gasteiger partial charge in [0.05, 0.1) is 26.4 Å². The van der Waals surface area contributed by atoms with Gasteiger partial charge in [-0.15, -0.1) is 0 Å². The summed E-state index contributed by atoms with van der Waals surface area (Å²) in [7, 11) is 4.26. The highest BCUT2D eigenvalue weighted by Crippen LogP contribution is 2.73. The molecule has 7 atom stereocenters. The molecule has 7 rings (SSSR count). The van der Waals surface area contributed by atoms with Crippen molar-refractivity contribution in [2.75, 3.05) is 45.4 Å². The lowest BCUT2D eigenvalue weighted by Crippen LogP contribution is -2.60. The van der Waals surface area contributed by atoms with Crippen LogP contribution in [0, 0.1) is 34.5 Å². The first kappa shape index (κ1) is 23.9. The Bertz CT molecular complexity index is 981. The molecule has 6 fully saturated rings. The normalized spacial score (nSPS) is 44.4. The third-order valence-electron chi connectivity index (χ3n) is 12.1. The lowest BCUT2D eigenvalue weighted by molar-refractivity contribution is -0.261. The van der Waals surface area contributed by atoms with Gasteiger partial charge in [0.2, 0.25) is 0 Å². The zero-order valence-corrected chi connectivity index (χ0v) is 22.8. The molecule has 2 spiro atoms. The number of hydrogen-bond acceptors (Lipinski definition) is 5. The van der Waals surface area contributed by atoms with Gasteiger partial charge in [-0.1, -0.05) is 26.0 Å². The Morgan fingerprint density at radius 2 is 1.47 bits per heavy atom. The Morgan fingerprint density at radius 3 is 2.17 bits per heavy atom. The minimum Gasteiger partial charge on any atom is -0.378 e. The van der Waals surface area contributed by atoms with Crippen LogP contribution < -0.4 is 4.90 Å². The summed E-state index contributed by atoms with van der Waals surface area (Å²) in [6.07, 6.45) is 9.46. The molecule has 5 nitrogen and oxygen atoms in total. The average molecular weight is 496 g/mol. The van der Waals surface area contributed by atoms with Gasteiger partial charge >= 0.3 is 0 Å². The summed E-state index contributed by atoms with van der Waals surface area (Å²) in [5.74, 6) is 2.64. The highest BCUT2D eigenvalue weighted by Gasteiger charge is 2.70. The minimum atomic E-state index is -0.371. The molecule has 198 valence electrons. The maximum atomic E-state index is 6.52. The number of rotatable bonds is 2. The van der Waals surface area contributed by atoms with E-state index in [-0.39, 0.29) is 17.0 Å². The van der Waals surface area contributed by atoms with Gasteiger partial charge < -0.3 is 23.8 Å². The van der Waals surface area contributed by atoms with Crippen molar-refractivity contribution in [3.8, 4) is 0 Å². The third kappa shape index (κ3) is 3.21. The topological polar surface area (TPSA) is 40.2 Å². The van der Waals surface area contributed by atoms with Crippen molar-refractivity contribution in [3.05, 3.63) is 29.8 Å². The van der Waals surface area contributed by atoms with Crippen molar-refractivity contribution in [2.24, 2.45) is 34.5 Å². The second-order valence-electron chi connectivity index (χ2n) is 13.6. The lowest BCUT2D eigenvalue weighted by atomic mass is 9.41. The molecule has 0 radical (unpaired) electrons. The van der Waals surface area contributed by atoms with Crippen LogP contribution in [0.4, 0.5) is 5.69 Å².